The van der Waals surface area contributed by atoms with Crippen molar-refractivity contribution in [3.8, 4) is 6.07 Å². The van der Waals surface area contributed by atoms with Gasteiger partial charge in [-0.2, -0.15) is 5.26 Å². The Morgan fingerprint density at radius 1 is 1.25 bits per heavy atom. The highest BCUT2D eigenvalue weighted by Crippen LogP contribution is 2.43. The maximum atomic E-state index is 13.0. The maximum absolute atomic E-state index is 13.0. The van der Waals surface area contributed by atoms with Gasteiger partial charge in [0.05, 0.1) is 23.1 Å². The first-order valence-corrected chi connectivity index (χ1v) is 8.67. The van der Waals surface area contributed by atoms with Crippen molar-refractivity contribution in [1.82, 2.24) is 0 Å². The number of hydrogen-bond acceptors (Lipinski definition) is 6. The molecular formula is C20H17N3O5. The van der Waals surface area contributed by atoms with Crippen LogP contribution in [0, 0.1) is 21.4 Å². The minimum absolute atomic E-state index is 0.0517. The molecule has 0 fully saturated rings. The number of non-ortho nitro benzene ring substituents is 1. The summed E-state index contributed by atoms with van der Waals surface area (Å²) in [5.41, 5.74) is -1.43. The van der Waals surface area contributed by atoms with Crippen LogP contribution in [0.5, 0.6) is 0 Å². The molecule has 2 aromatic rings. The molecular weight excluding hydrogens is 362 g/mol. The van der Waals surface area contributed by atoms with Crippen LogP contribution >= 0.6 is 0 Å². The van der Waals surface area contributed by atoms with Gasteiger partial charge in [-0.15, -0.1) is 0 Å². The van der Waals surface area contributed by atoms with Gasteiger partial charge in [0.2, 0.25) is 0 Å². The molecule has 1 heterocycles. The van der Waals surface area contributed by atoms with Crippen molar-refractivity contribution in [3.63, 3.8) is 0 Å². The van der Waals surface area contributed by atoms with E-state index in [0.29, 0.717) is 17.7 Å². The second-order valence-corrected chi connectivity index (χ2v) is 6.50. The molecule has 28 heavy (non-hydrogen) atoms. The van der Waals surface area contributed by atoms with E-state index in [2.05, 4.69) is 0 Å². The Balaban J connectivity index is 1.91. The van der Waals surface area contributed by atoms with Gasteiger partial charge in [-0.05, 0) is 12.5 Å². The normalized spacial score (nSPS) is 17.9. The zero-order valence-electron chi connectivity index (χ0n) is 14.9. The lowest BCUT2D eigenvalue weighted by Crippen LogP contribution is -2.42. The van der Waals surface area contributed by atoms with Crippen LogP contribution in [0.2, 0.25) is 0 Å². The molecule has 0 radical (unpaired) electrons. The standard InChI is InChI=1S/C20H17N3O5/c21-10-3-4-11-22-17-9-2-1-8-16(17)20(26,19(22)25)13-18(24)14-6-5-7-15(12-14)23(27)28/h1-2,5-9,12,26H,3-4,11,13H2. The van der Waals surface area contributed by atoms with Gasteiger partial charge in [0, 0.05) is 36.2 Å². The number of benzene rings is 2. The first-order chi connectivity index (χ1) is 13.4. The summed E-state index contributed by atoms with van der Waals surface area (Å²) in [4.78, 5) is 37.4. The quantitative estimate of drug-likeness (QED) is 0.341. The minimum atomic E-state index is -2.05. The number of nitriles is 1. The number of anilines is 1. The summed E-state index contributed by atoms with van der Waals surface area (Å²) in [5, 5.41) is 30.8. The molecule has 1 N–H and O–H groups in total. The van der Waals surface area contributed by atoms with Crippen molar-refractivity contribution in [3.05, 3.63) is 69.8 Å². The molecule has 1 unspecified atom stereocenters. The van der Waals surface area contributed by atoms with E-state index in [-0.39, 0.29) is 24.2 Å². The average Bonchev–Trinajstić information content (AvgIpc) is 2.90. The third-order valence-corrected chi connectivity index (χ3v) is 4.71. The summed E-state index contributed by atoms with van der Waals surface area (Å²) in [6, 6.07) is 13.8. The molecule has 1 aliphatic heterocycles. The molecule has 0 saturated heterocycles. The fourth-order valence-electron chi connectivity index (χ4n) is 3.34. The van der Waals surface area contributed by atoms with Gasteiger partial charge in [0.25, 0.3) is 11.6 Å². The Bertz CT molecular complexity index is 997. The first-order valence-electron chi connectivity index (χ1n) is 8.67. The maximum Gasteiger partial charge on any atom is 0.270 e. The fraction of sp³-hybridized carbons (Fsp3) is 0.250. The number of unbranched alkanes of at least 4 members (excludes halogenated alkanes) is 1. The van der Waals surface area contributed by atoms with E-state index >= 15 is 0 Å². The molecule has 1 amide bonds. The Morgan fingerprint density at radius 3 is 2.71 bits per heavy atom. The fourth-order valence-corrected chi connectivity index (χ4v) is 3.34. The summed E-state index contributed by atoms with van der Waals surface area (Å²) in [7, 11) is 0. The number of carbonyl (C=O) groups is 2. The first kappa shape index (κ1) is 19.2. The topological polar surface area (TPSA) is 125 Å². The Morgan fingerprint density at radius 2 is 2.00 bits per heavy atom. The van der Waals surface area contributed by atoms with Crippen molar-refractivity contribution in [2.45, 2.75) is 24.9 Å². The predicted molar refractivity (Wildman–Crippen MR) is 99.6 cm³/mol. The number of amides is 1. The number of carbonyl (C=O) groups excluding carboxylic acids is 2. The number of ketones is 1. The van der Waals surface area contributed by atoms with E-state index in [0.717, 1.165) is 6.07 Å². The Hall–Kier alpha value is -3.57. The summed E-state index contributed by atoms with van der Waals surface area (Å²) >= 11 is 0. The second kappa shape index (κ2) is 7.58. The molecule has 142 valence electrons. The molecule has 0 bridgehead atoms. The highest BCUT2D eigenvalue weighted by molar-refractivity contribution is 6.10. The van der Waals surface area contributed by atoms with Crippen LogP contribution in [0.3, 0.4) is 0 Å². The van der Waals surface area contributed by atoms with E-state index in [9.17, 15) is 24.8 Å². The molecule has 0 spiro atoms. The predicted octanol–water partition coefficient (Wildman–Crippen LogP) is 2.71. The van der Waals surface area contributed by atoms with Crippen molar-refractivity contribution in [2.24, 2.45) is 0 Å². The van der Waals surface area contributed by atoms with Crippen LogP contribution < -0.4 is 4.90 Å². The number of nitro benzene ring substituents is 1. The Kier molecular flexibility index (Phi) is 5.20. The van der Waals surface area contributed by atoms with Gasteiger partial charge >= 0.3 is 0 Å². The summed E-state index contributed by atoms with van der Waals surface area (Å²) in [5.74, 6) is -1.21. The third-order valence-electron chi connectivity index (χ3n) is 4.71. The molecule has 2 aromatic carbocycles. The Labute approximate surface area is 160 Å². The molecule has 0 aromatic heterocycles. The summed E-state index contributed by atoms with van der Waals surface area (Å²) in [6.07, 6.45) is 0.168. The largest absolute Gasteiger partial charge is 0.375 e. The van der Waals surface area contributed by atoms with E-state index in [1.165, 1.54) is 23.1 Å². The summed E-state index contributed by atoms with van der Waals surface area (Å²) in [6.45, 7) is 0.247. The van der Waals surface area contributed by atoms with Crippen molar-refractivity contribution >= 4 is 23.1 Å². The minimum Gasteiger partial charge on any atom is -0.375 e. The number of rotatable bonds is 7. The number of aliphatic hydroxyl groups is 1. The van der Waals surface area contributed by atoms with Gasteiger partial charge in [0.1, 0.15) is 0 Å². The smallest absolute Gasteiger partial charge is 0.270 e. The van der Waals surface area contributed by atoms with E-state index in [1.54, 1.807) is 24.3 Å². The van der Waals surface area contributed by atoms with Crippen LogP contribution in [-0.4, -0.2) is 28.3 Å². The van der Waals surface area contributed by atoms with Crippen molar-refractivity contribution in [1.29, 1.82) is 5.26 Å². The number of nitro groups is 1. The highest BCUT2D eigenvalue weighted by atomic mass is 16.6. The lowest BCUT2D eigenvalue weighted by Gasteiger charge is -2.22. The van der Waals surface area contributed by atoms with Crippen LogP contribution in [0.4, 0.5) is 11.4 Å². The van der Waals surface area contributed by atoms with Gasteiger partial charge < -0.3 is 10.0 Å². The van der Waals surface area contributed by atoms with Crippen LogP contribution in [0.25, 0.3) is 0 Å². The van der Waals surface area contributed by atoms with E-state index < -0.39 is 28.6 Å². The molecule has 1 atom stereocenters. The van der Waals surface area contributed by atoms with E-state index in [4.69, 9.17) is 5.26 Å². The zero-order valence-corrected chi connectivity index (χ0v) is 14.9. The molecule has 1 aliphatic rings. The van der Waals surface area contributed by atoms with Gasteiger partial charge in [-0.3, -0.25) is 19.7 Å². The number of nitrogens with zero attached hydrogens (tertiary/aromatic N) is 3. The SMILES string of the molecule is N#CCCCN1C(=O)C(O)(CC(=O)c2cccc([N+](=O)[O-])c2)c2ccccc21. The van der Waals surface area contributed by atoms with Crippen LogP contribution in [0.15, 0.2) is 48.5 Å². The monoisotopic (exact) mass is 379 g/mol. The van der Waals surface area contributed by atoms with Gasteiger partial charge in [0.15, 0.2) is 11.4 Å². The summed E-state index contributed by atoms with van der Waals surface area (Å²) < 4.78 is 0. The van der Waals surface area contributed by atoms with Crippen molar-refractivity contribution in [2.75, 3.05) is 11.4 Å². The number of hydrogen-bond donors (Lipinski definition) is 1. The molecule has 0 aliphatic carbocycles. The van der Waals surface area contributed by atoms with Gasteiger partial charge in [-0.1, -0.05) is 30.3 Å². The number of fused-ring (bicyclic) bond motifs is 1. The van der Waals surface area contributed by atoms with Crippen LogP contribution in [0.1, 0.15) is 35.2 Å². The number of para-hydroxylation sites is 1. The third kappa shape index (κ3) is 3.35. The average molecular weight is 379 g/mol. The molecule has 3 rings (SSSR count). The second-order valence-electron chi connectivity index (χ2n) is 6.50. The van der Waals surface area contributed by atoms with Crippen LogP contribution in [-0.2, 0) is 10.4 Å². The lowest BCUT2D eigenvalue weighted by atomic mass is 9.88. The molecule has 8 nitrogen and oxygen atoms in total. The highest BCUT2D eigenvalue weighted by Gasteiger charge is 2.50. The zero-order chi connectivity index (χ0) is 20.3. The number of Topliss-reactive ketones (excluding diaryl/α,β-unsaturated/α-hetero) is 1. The van der Waals surface area contributed by atoms with E-state index in [1.807, 2.05) is 6.07 Å². The molecule has 0 saturated carbocycles. The lowest BCUT2D eigenvalue weighted by molar-refractivity contribution is -0.384. The molecule has 8 heteroatoms. The van der Waals surface area contributed by atoms with Crippen molar-refractivity contribution < 1.29 is 19.6 Å². The van der Waals surface area contributed by atoms with Gasteiger partial charge in [-0.25, -0.2) is 0 Å².